The largest absolute Gasteiger partial charge is 0.391 e. The second kappa shape index (κ2) is 6.99. The van der Waals surface area contributed by atoms with Crippen LogP contribution in [-0.4, -0.2) is 45.7 Å². The molecule has 1 saturated heterocycles. The van der Waals surface area contributed by atoms with Gasteiger partial charge in [0.25, 0.3) is 0 Å². The molecular formula is C18H23N3O. The number of nitrogens with zero attached hydrogens (tertiary/aromatic N) is 3. The van der Waals surface area contributed by atoms with Gasteiger partial charge in [0.15, 0.2) is 0 Å². The van der Waals surface area contributed by atoms with Gasteiger partial charge >= 0.3 is 0 Å². The van der Waals surface area contributed by atoms with Crippen molar-refractivity contribution in [2.75, 3.05) is 19.6 Å². The molecule has 0 saturated carbocycles. The highest BCUT2D eigenvalue weighted by Crippen LogP contribution is 2.21. The fourth-order valence-corrected chi connectivity index (χ4v) is 3.12. The molecule has 1 aliphatic rings. The molecule has 4 heteroatoms. The van der Waals surface area contributed by atoms with Gasteiger partial charge in [-0.25, -0.2) is 0 Å². The van der Waals surface area contributed by atoms with Crippen LogP contribution in [0.2, 0.25) is 0 Å². The van der Waals surface area contributed by atoms with Crippen LogP contribution in [0.15, 0.2) is 42.6 Å². The Kier molecular flexibility index (Phi) is 4.80. The summed E-state index contributed by atoms with van der Waals surface area (Å²) in [6, 6.07) is 12.1. The molecule has 2 atom stereocenters. The molecule has 4 nitrogen and oxygen atoms in total. The maximum Gasteiger partial charge on any atom is 0.0711 e. The van der Waals surface area contributed by atoms with Crippen molar-refractivity contribution in [3.05, 3.63) is 59.7 Å². The highest BCUT2D eigenvalue weighted by molar-refractivity contribution is 5.10. The van der Waals surface area contributed by atoms with Gasteiger partial charge in [0.2, 0.25) is 0 Å². The number of β-amino-alcohol motifs (C(OH)–C–C–N with tert-alkyl or cyclic N) is 1. The van der Waals surface area contributed by atoms with Crippen molar-refractivity contribution >= 4 is 0 Å². The van der Waals surface area contributed by atoms with Gasteiger partial charge in [-0.3, -0.25) is 14.9 Å². The van der Waals surface area contributed by atoms with E-state index in [1.165, 1.54) is 0 Å². The number of aliphatic hydroxyl groups excluding tert-OH is 1. The van der Waals surface area contributed by atoms with E-state index in [1.807, 2.05) is 37.4 Å². The molecule has 0 bridgehead atoms. The molecule has 2 aromatic rings. The summed E-state index contributed by atoms with van der Waals surface area (Å²) in [4.78, 5) is 11.2. The predicted octanol–water partition coefficient (Wildman–Crippen LogP) is 1.86. The van der Waals surface area contributed by atoms with Gasteiger partial charge in [-0.15, -0.1) is 0 Å². The average molecular weight is 297 g/mol. The second-order valence-electron chi connectivity index (χ2n) is 6.13. The number of aliphatic hydroxyl groups is 1. The molecule has 116 valence electrons. The van der Waals surface area contributed by atoms with E-state index in [1.54, 1.807) is 0 Å². The number of hydrogen-bond acceptors (Lipinski definition) is 4. The lowest BCUT2D eigenvalue weighted by molar-refractivity contribution is 0.141. The molecule has 0 radical (unpaired) electrons. The quantitative estimate of drug-likeness (QED) is 0.915. The summed E-state index contributed by atoms with van der Waals surface area (Å²) >= 11 is 0. The maximum atomic E-state index is 10.3. The van der Waals surface area contributed by atoms with Crippen LogP contribution in [0.25, 0.3) is 0 Å². The van der Waals surface area contributed by atoms with E-state index in [0.717, 1.165) is 49.6 Å². The summed E-state index contributed by atoms with van der Waals surface area (Å²) < 4.78 is 0. The zero-order chi connectivity index (χ0) is 15.4. The normalized spacial score (nSPS) is 22.1. The molecule has 0 aliphatic carbocycles. The zero-order valence-electron chi connectivity index (χ0n) is 13.0. The smallest absolute Gasteiger partial charge is 0.0711 e. The van der Waals surface area contributed by atoms with Gasteiger partial charge in [-0.2, -0.15) is 0 Å². The Hall–Kier alpha value is -1.78. The molecule has 22 heavy (non-hydrogen) atoms. The van der Waals surface area contributed by atoms with E-state index in [2.05, 4.69) is 27.0 Å². The first-order valence-electron chi connectivity index (χ1n) is 7.93. The molecule has 1 fully saturated rings. The first kappa shape index (κ1) is 15.1. The minimum absolute atomic E-state index is 0.257. The minimum Gasteiger partial charge on any atom is -0.391 e. The van der Waals surface area contributed by atoms with E-state index in [-0.39, 0.29) is 12.0 Å². The first-order valence-corrected chi connectivity index (χ1v) is 7.93. The van der Waals surface area contributed by atoms with E-state index >= 15 is 0 Å². The maximum absolute atomic E-state index is 10.3. The molecule has 0 aromatic carbocycles. The van der Waals surface area contributed by atoms with Crippen LogP contribution < -0.4 is 0 Å². The Morgan fingerprint density at radius 2 is 2.00 bits per heavy atom. The van der Waals surface area contributed by atoms with Gasteiger partial charge in [-0.1, -0.05) is 12.1 Å². The highest BCUT2D eigenvalue weighted by Gasteiger charge is 2.31. The van der Waals surface area contributed by atoms with Crippen molar-refractivity contribution in [2.24, 2.45) is 5.92 Å². The van der Waals surface area contributed by atoms with Crippen LogP contribution in [0.5, 0.6) is 0 Å². The fraction of sp³-hybridized carbons (Fsp3) is 0.444. The van der Waals surface area contributed by atoms with Crippen molar-refractivity contribution in [1.29, 1.82) is 0 Å². The molecular weight excluding hydrogens is 274 g/mol. The third kappa shape index (κ3) is 3.90. The third-order valence-corrected chi connectivity index (χ3v) is 4.31. The van der Waals surface area contributed by atoms with E-state index in [9.17, 15) is 5.11 Å². The van der Waals surface area contributed by atoms with Crippen molar-refractivity contribution in [2.45, 2.75) is 25.9 Å². The van der Waals surface area contributed by atoms with Crippen LogP contribution in [0.3, 0.4) is 0 Å². The van der Waals surface area contributed by atoms with E-state index < -0.39 is 0 Å². The monoisotopic (exact) mass is 297 g/mol. The molecule has 2 aromatic heterocycles. The molecule has 0 amide bonds. The lowest BCUT2D eigenvalue weighted by Crippen LogP contribution is -2.24. The van der Waals surface area contributed by atoms with Crippen LogP contribution >= 0.6 is 0 Å². The molecule has 3 rings (SSSR count). The topological polar surface area (TPSA) is 49.2 Å². The number of pyridine rings is 2. The summed E-state index contributed by atoms with van der Waals surface area (Å²) in [5.74, 6) is 0.278. The van der Waals surface area contributed by atoms with Crippen molar-refractivity contribution in [1.82, 2.24) is 14.9 Å². The summed E-state index contributed by atoms with van der Waals surface area (Å²) in [5, 5.41) is 10.3. The zero-order valence-corrected chi connectivity index (χ0v) is 13.0. The van der Waals surface area contributed by atoms with Crippen molar-refractivity contribution < 1.29 is 5.11 Å². The lowest BCUT2D eigenvalue weighted by Gasteiger charge is -2.15. The van der Waals surface area contributed by atoms with Crippen LogP contribution in [0.1, 0.15) is 17.1 Å². The number of rotatable bonds is 5. The summed E-state index contributed by atoms with van der Waals surface area (Å²) in [6.07, 6.45) is 3.34. The SMILES string of the molecule is Cc1cccc(CCN2C[C@@H](Cc3ccccn3)[C@H](O)C2)n1. The van der Waals surface area contributed by atoms with Gasteiger partial charge in [0.1, 0.15) is 0 Å². The third-order valence-electron chi connectivity index (χ3n) is 4.31. The van der Waals surface area contributed by atoms with Crippen molar-refractivity contribution in [3.8, 4) is 0 Å². The number of aryl methyl sites for hydroxylation is 1. The summed E-state index contributed by atoms with van der Waals surface area (Å²) in [6.45, 7) is 4.66. The molecule has 0 spiro atoms. The summed E-state index contributed by atoms with van der Waals surface area (Å²) in [7, 11) is 0. The van der Waals surface area contributed by atoms with Gasteiger partial charge < -0.3 is 5.11 Å². The summed E-state index contributed by atoms with van der Waals surface area (Å²) in [5.41, 5.74) is 3.25. The Bertz CT molecular complexity index is 602. The lowest BCUT2D eigenvalue weighted by atomic mass is 10.00. The first-order chi connectivity index (χ1) is 10.7. The standard InChI is InChI=1S/C18H23N3O/c1-14-5-4-7-16(20-14)8-10-21-12-15(18(22)13-21)11-17-6-2-3-9-19-17/h2-7,9,15,18,22H,8,10-13H2,1H3/t15-,18-/m1/s1. The van der Waals surface area contributed by atoms with Gasteiger partial charge in [0, 0.05) is 55.3 Å². The average Bonchev–Trinajstić information content (AvgIpc) is 2.87. The van der Waals surface area contributed by atoms with Gasteiger partial charge in [-0.05, 0) is 37.6 Å². The molecule has 3 heterocycles. The Morgan fingerprint density at radius 1 is 1.14 bits per heavy atom. The fourth-order valence-electron chi connectivity index (χ4n) is 3.12. The van der Waals surface area contributed by atoms with E-state index in [4.69, 9.17) is 0 Å². The minimum atomic E-state index is -0.257. The Morgan fingerprint density at radius 3 is 2.77 bits per heavy atom. The molecule has 0 unspecified atom stereocenters. The van der Waals surface area contributed by atoms with Crippen LogP contribution in [0, 0.1) is 12.8 Å². The molecule has 1 N–H and O–H groups in total. The Labute approximate surface area is 131 Å². The highest BCUT2D eigenvalue weighted by atomic mass is 16.3. The van der Waals surface area contributed by atoms with Crippen LogP contribution in [-0.2, 0) is 12.8 Å². The van der Waals surface area contributed by atoms with E-state index in [0.29, 0.717) is 0 Å². The van der Waals surface area contributed by atoms with Crippen LogP contribution in [0.4, 0.5) is 0 Å². The number of aromatic nitrogens is 2. The Balaban J connectivity index is 1.52. The number of likely N-dealkylation sites (tertiary alicyclic amines) is 1. The molecule has 1 aliphatic heterocycles. The van der Waals surface area contributed by atoms with Crippen molar-refractivity contribution in [3.63, 3.8) is 0 Å². The van der Waals surface area contributed by atoms with Gasteiger partial charge in [0.05, 0.1) is 6.10 Å². The predicted molar refractivity (Wildman–Crippen MR) is 86.6 cm³/mol. The number of hydrogen-bond donors (Lipinski definition) is 1. The second-order valence-corrected chi connectivity index (χ2v) is 6.13.